The van der Waals surface area contributed by atoms with E-state index in [1.54, 1.807) is 24.3 Å². The van der Waals surface area contributed by atoms with Crippen LogP contribution in [0.25, 0.3) is 0 Å². The molecule has 0 heterocycles. The van der Waals surface area contributed by atoms with Crippen LogP contribution in [0.5, 0.6) is 0 Å². The lowest BCUT2D eigenvalue weighted by Gasteiger charge is -2.15. The molecule has 2 atom stereocenters. The molecule has 0 saturated heterocycles. The van der Waals surface area contributed by atoms with Crippen LogP contribution in [0.3, 0.4) is 0 Å². The van der Waals surface area contributed by atoms with Crippen LogP contribution in [0.1, 0.15) is 99.8 Å². The third-order valence-corrected chi connectivity index (χ3v) is 4.62. The van der Waals surface area contributed by atoms with Gasteiger partial charge in [-0.15, -0.1) is 0 Å². The summed E-state index contributed by atoms with van der Waals surface area (Å²) < 4.78 is 0. The topological polar surface area (TPSA) is 58.2 Å². The molecular weight excluding hydrogens is 324 g/mol. The predicted molar refractivity (Wildman–Crippen MR) is 109 cm³/mol. The summed E-state index contributed by atoms with van der Waals surface area (Å²) in [5.41, 5.74) is 1.08. The largest absolute Gasteiger partial charge is 0.350 e. The van der Waals surface area contributed by atoms with Gasteiger partial charge in [-0.3, -0.25) is 9.59 Å². The fourth-order valence-electron chi connectivity index (χ4n) is 2.96. The second-order valence-electron chi connectivity index (χ2n) is 7.32. The lowest BCUT2D eigenvalue weighted by atomic mass is 10.1. The minimum Gasteiger partial charge on any atom is -0.350 e. The number of hydrogen-bond donors (Lipinski definition) is 2. The summed E-state index contributed by atoms with van der Waals surface area (Å²) in [4.78, 5) is 24.8. The van der Waals surface area contributed by atoms with Crippen molar-refractivity contribution < 1.29 is 9.59 Å². The molecule has 0 aromatic heterocycles. The fourth-order valence-corrected chi connectivity index (χ4v) is 2.96. The lowest BCUT2D eigenvalue weighted by Crippen LogP contribution is -2.34. The third kappa shape index (κ3) is 8.50. The third-order valence-electron chi connectivity index (χ3n) is 4.62. The molecule has 0 radical (unpaired) electrons. The molecule has 2 amide bonds. The first-order valence-electron chi connectivity index (χ1n) is 10.2. The minimum atomic E-state index is -0.111. The van der Waals surface area contributed by atoms with Crippen molar-refractivity contribution >= 4 is 11.8 Å². The second-order valence-corrected chi connectivity index (χ2v) is 7.32. The molecule has 0 bridgehead atoms. The molecular formula is C22H36N2O2. The molecule has 0 fully saturated rings. The second kappa shape index (κ2) is 12.5. The van der Waals surface area contributed by atoms with E-state index in [-0.39, 0.29) is 23.9 Å². The number of amides is 2. The molecule has 26 heavy (non-hydrogen) atoms. The van der Waals surface area contributed by atoms with Crippen molar-refractivity contribution in [1.82, 2.24) is 10.6 Å². The zero-order valence-electron chi connectivity index (χ0n) is 16.9. The van der Waals surface area contributed by atoms with Crippen LogP contribution < -0.4 is 10.6 Å². The first-order chi connectivity index (χ1) is 12.5. The van der Waals surface area contributed by atoms with Crippen LogP contribution in [0.4, 0.5) is 0 Å². The van der Waals surface area contributed by atoms with E-state index in [2.05, 4.69) is 24.5 Å². The smallest absolute Gasteiger partial charge is 0.251 e. The quantitative estimate of drug-likeness (QED) is 0.510. The van der Waals surface area contributed by atoms with E-state index in [9.17, 15) is 9.59 Å². The average Bonchev–Trinajstić information content (AvgIpc) is 2.62. The summed E-state index contributed by atoms with van der Waals surface area (Å²) in [5, 5.41) is 6.05. The molecule has 2 N–H and O–H groups in total. The van der Waals surface area contributed by atoms with Gasteiger partial charge in [0.05, 0.1) is 0 Å². The first kappa shape index (κ1) is 22.2. The maximum atomic E-state index is 12.4. The van der Waals surface area contributed by atoms with Gasteiger partial charge in [-0.1, -0.05) is 58.4 Å². The summed E-state index contributed by atoms with van der Waals surface area (Å²) in [6, 6.07) is 7.26. The van der Waals surface area contributed by atoms with Crippen LogP contribution in [-0.2, 0) is 0 Å². The molecule has 4 nitrogen and oxygen atoms in total. The van der Waals surface area contributed by atoms with Gasteiger partial charge < -0.3 is 10.6 Å². The Morgan fingerprint density at radius 2 is 1.23 bits per heavy atom. The van der Waals surface area contributed by atoms with Crippen LogP contribution >= 0.6 is 0 Å². The van der Waals surface area contributed by atoms with E-state index < -0.39 is 0 Å². The number of hydrogen-bond acceptors (Lipinski definition) is 2. The van der Waals surface area contributed by atoms with Crippen LogP contribution in [0.15, 0.2) is 24.3 Å². The molecule has 0 aliphatic rings. The van der Waals surface area contributed by atoms with Gasteiger partial charge in [-0.2, -0.15) is 0 Å². The minimum absolute atomic E-state index is 0.111. The molecule has 4 heteroatoms. The Kier molecular flexibility index (Phi) is 10.7. The van der Waals surface area contributed by atoms with Gasteiger partial charge >= 0.3 is 0 Å². The highest BCUT2D eigenvalue weighted by molar-refractivity contribution is 5.99. The van der Waals surface area contributed by atoms with Gasteiger partial charge in [0, 0.05) is 23.2 Å². The monoisotopic (exact) mass is 360 g/mol. The number of unbranched alkanes of at least 4 members (excludes halogenated alkanes) is 4. The van der Waals surface area contributed by atoms with Gasteiger partial charge in [0.15, 0.2) is 0 Å². The van der Waals surface area contributed by atoms with Crippen LogP contribution in [0, 0.1) is 0 Å². The first-order valence-corrected chi connectivity index (χ1v) is 10.2. The zero-order valence-corrected chi connectivity index (χ0v) is 16.9. The van der Waals surface area contributed by atoms with Gasteiger partial charge in [-0.05, 0) is 44.9 Å². The van der Waals surface area contributed by atoms with Crippen molar-refractivity contribution in [2.24, 2.45) is 0 Å². The Labute approximate surface area is 159 Å². The maximum Gasteiger partial charge on any atom is 0.251 e. The maximum absolute atomic E-state index is 12.4. The van der Waals surface area contributed by atoms with Crippen molar-refractivity contribution in [2.45, 2.75) is 91.1 Å². The molecule has 1 aromatic rings. The van der Waals surface area contributed by atoms with Gasteiger partial charge in [0.2, 0.25) is 0 Å². The number of carbonyl (C=O) groups excluding carboxylic acids is 2. The average molecular weight is 361 g/mol. The summed E-state index contributed by atoms with van der Waals surface area (Å²) in [6.07, 6.45) is 8.93. The summed E-state index contributed by atoms with van der Waals surface area (Å²) in [6.45, 7) is 8.40. The van der Waals surface area contributed by atoms with E-state index in [0.29, 0.717) is 11.1 Å². The Balaban J connectivity index is 2.57. The van der Waals surface area contributed by atoms with Gasteiger partial charge in [0.25, 0.3) is 11.8 Å². The highest BCUT2D eigenvalue weighted by atomic mass is 16.2. The Bertz CT molecular complexity index is 512. The normalized spacial score (nSPS) is 13.1. The fraction of sp³-hybridized carbons (Fsp3) is 0.636. The van der Waals surface area contributed by atoms with E-state index in [0.717, 1.165) is 25.7 Å². The van der Waals surface area contributed by atoms with Crippen molar-refractivity contribution in [2.75, 3.05) is 0 Å². The molecule has 1 rings (SSSR count). The Morgan fingerprint density at radius 3 is 1.62 bits per heavy atom. The molecule has 0 aliphatic carbocycles. The summed E-state index contributed by atoms with van der Waals surface area (Å²) >= 11 is 0. The number of benzene rings is 1. The number of rotatable bonds is 12. The lowest BCUT2D eigenvalue weighted by molar-refractivity contribution is 0.0937. The molecule has 1 aromatic carbocycles. The molecule has 2 unspecified atom stereocenters. The van der Waals surface area contributed by atoms with Crippen LogP contribution in [0.2, 0.25) is 0 Å². The summed E-state index contributed by atoms with van der Waals surface area (Å²) in [7, 11) is 0. The SMILES string of the molecule is CCCCCC(C)NC(=O)c1cccc(C(=O)NC(C)CCCCC)c1. The van der Waals surface area contributed by atoms with Crippen molar-refractivity contribution in [3.8, 4) is 0 Å². The molecule has 146 valence electrons. The van der Waals surface area contributed by atoms with E-state index in [4.69, 9.17) is 0 Å². The van der Waals surface area contributed by atoms with Crippen molar-refractivity contribution in [1.29, 1.82) is 0 Å². The predicted octanol–water partition coefficient (Wildman–Crippen LogP) is 5.08. The molecule has 0 saturated carbocycles. The number of nitrogens with one attached hydrogen (secondary N) is 2. The zero-order chi connectivity index (χ0) is 19.4. The Morgan fingerprint density at radius 1 is 0.808 bits per heavy atom. The molecule has 0 spiro atoms. The molecule has 0 aliphatic heterocycles. The van der Waals surface area contributed by atoms with Crippen molar-refractivity contribution in [3.63, 3.8) is 0 Å². The number of carbonyl (C=O) groups is 2. The Hall–Kier alpha value is -1.84. The standard InChI is InChI=1S/C22H36N2O2/c1-5-7-9-12-17(3)23-21(25)19-14-11-15-20(16-19)22(26)24-18(4)13-10-8-6-2/h11,14-18H,5-10,12-13H2,1-4H3,(H,23,25)(H,24,26). The van der Waals surface area contributed by atoms with Gasteiger partial charge in [0.1, 0.15) is 0 Å². The van der Waals surface area contributed by atoms with E-state index in [1.807, 2.05) is 13.8 Å². The summed E-state index contributed by atoms with van der Waals surface area (Å²) in [5.74, 6) is -0.223. The van der Waals surface area contributed by atoms with Crippen molar-refractivity contribution in [3.05, 3.63) is 35.4 Å². The van der Waals surface area contributed by atoms with Gasteiger partial charge in [-0.25, -0.2) is 0 Å². The van der Waals surface area contributed by atoms with E-state index >= 15 is 0 Å². The highest BCUT2D eigenvalue weighted by Gasteiger charge is 2.14. The van der Waals surface area contributed by atoms with E-state index in [1.165, 1.54) is 25.7 Å². The van der Waals surface area contributed by atoms with Crippen LogP contribution in [-0.4, -0.2) is 23.9 Å². The highest BCUT2D eigenvalue weighted by Crippen LogP contribution is 2.09.